The first kappa shape index (κ1) is 14.1. The van der Waals surface area contributed by atoms with Crippen LogP contribution in [0.25, 0.3) is 0 Å². The van der Waals surface area contributed by atoms with Crippen molar-refractivity contribution in [2.24, 2.45) is 5.73 Å². The van der Waals surface area contributed by atoms with E-state index < -0.39 is 0 Å². The van der Waals surface area contributed by atoms with E-state index in [1.807, 2.05) is 31.2 Å². The lowest BCUT2D eigenvalue weighted by molar-refractivity contribution is 0.492. The molecule has 2 N–H and O–H groups in total. The molecule has 0 bridgehead atoms. The number of aromatic nitrogens is 2. The Morgan fingerprint density at radius 2 is 1.90 bits per heavy atom. The van der Waals surface area contributed by atoms with Crippen molar-refractivity contribution >= 4 is 11.6 Å². The fourth-order valence-corrected chi connectivity index (χ4v) is 2.27. The molecule has 0 radical (unpaired) electrons. The smallest absolute Gasteiger partial charge is 0.176 e. The zero-order valence-electron chi connectivity index (χ0n) is 10.8. The molecule has 100 valence electrons. The molecule has 0 amide bonds. The highest BCUT2D eigenvalue weighted by molar-refractivity contribution is 6.30. The molecule has 0 fully saturated rings. The molecular formula is C14H12ClN5. The van der Waals surface area contributed by atoms with Gasteiger partial charge in [0.15, 0.2) is 11.4 Å². The van der Waals surface area contributed by atoms with Gasteiger partial charge in [-0.3, -0.25) is 0 Å². The topological polar surface area (TPSA) is 91.4 Å². The lowest BCUT2D eigenvalue weighted by atomic mass is 10.0. The van der Waals surface area contributed by atoms with Crippen LogP contribution in [-0.2, 0) is 0 Å². The van der Waals surface area contributed by atoms with E-state index in [1.165, 1.54) is 6.33 Å². The monoisotopic (exact) mass is 285 g/mol. The number of hydrogen-bond donors (Lipinski definition) is 1. The molecule has 0 aliphatic rings. The second-order valence-electron chi connectivity index (χ2n) is 4.43. The number of halogens is 1. The Kier molecular flexibility index (Phi) is 4.05. The van der Waals surface area contributed by atoms with Gasteiger partial charge in [-0.15, -0.1) is 0 Å². The summed E-state index contributed by atoms with van der Waals surface area (Å²) >= 11 is 5.88. The Morgan fingerprint density at radius 3 is 2.40 bits per heavy atom. The zero-order valence-corrected chi connectivity index (χ0v) is 11.5. The second kappa shape index (κ2) is 5.75. The van der Waals surface area contributed by atoms with Gasteiger partial charge in [-0.2, -0.15) is 10.5 Å². The number of nitrogens with two attached hydrogens (primary N) is 1. The number of nitrogens with zero attached hydrogens (tertiary/aromatic N) is 4. The molecule has 1 aromatic heterocycles. The highest BCUT2D eigenvalue weighted by Crippen LogP contribution is 2.25. The SMILES string of the molecule is CC(N)C(c1ccc(Cl)cc1)n1cnc(C#N)c1C#N. The van der Waals surface area contributed by atoms with Crippen LogP contribution in [0.1, 0.15) is 29.9 Å². The summed E-state index contributed by atoms with van der Waals surface area (Å²) in [5.74, 6) is 0. The number of benzene rings is 1. The minimum atomic E-state index is -0.281. The normalized spacial score (nSPS) is 13.2. The Balaban J connectivity index is 2.56. The van der Waals surface area contributed by atoms with E-state index in [4.69, 9.17) is 22.6 Å². The third-order valence-corrected chi connectivity index (χ3v) is 3.27. The predicted octanol–water partition coefficient (Wildman–Crippen LogP) is 2.22. The molecule has 20 heavy (non-hydrogen) atoms. The summed E-state index contributed by atoms with van der Waals surface area (Å²) in [6.45, 7) is 1.84. The molecule has 0 aliphatic carbocycles. The van der Waals surface area contributed by atoms with Crippen molar-refractivity contribution in [1.29, 1.82) is 10.5 Å². The van der Waals surface area contributed by atoms with Crippen LogP contribution in [0.2, 0.25) is 5.02 Å². The van der Waals surface area contributed by atoms with Crippen LogP contribution < -0.4 is 5.73 Å². The Bertz CT molecular complexity index is 688. The summed E-state index contributed by atoms with van der Waals surface area (Å²) in [6.07, 6.45) is 1.47. The number of nitriles is 2. The van der Waals surface area contributed by atoms with Crippen molar-refractivity contribution in [3.05, 3.63) is 52.6 Å². The van der Waals surface area contributed by atoms with E-state index in [-0.39, 0.29) is 23.5 Å². The Labute approximate surface area is 121 Å². The standard InChI is InChI=1S/C14H12ClN5/c1-9(18)14(10-2-4-11(15)5-3-10)20-8-19-12(6-16)13(20)7-17/h2-5,8-9,14H,18H2,1H3. The van der Waals surface area contributed by atoms with E-state index in [9.17, 15) is 5.26 Å². The average molecular weight is 286 g/mol. The van der Waals surface area contributed by atoms with E-state index in [2.05, 4.69) is 4.98 Å². The van der Waals surface area contributed by atoms with Crippen molar-refractivity contribution in [2.75, 3.05) is 0 Å². The van der Waals surface area contributed by atoms with Gasteiger partial charge in [-0.25, -0.2) is 4.98 Å². The van der Waals surface area contributed by atoms with Crippen molar-refractivity contribution in [1.82, 2.24) is 9.55 Å². The highest BCUT2D eigenvalue weighted by atomic mass is 35.5. The summed E-state index contributed by atoms with van der Waals surface area (Å²) in [7, 11) is 0. The van der Waals surface area contributed by atoms with Crippen LogP contribution in [0.4, 0.5) is 0 Å². The number of rotatable bonds is 3. The van der Waals surface area contributed by atoms with Crippen molar-refractivity contribution in [2.45, 2.75) is 19.0 Å². The first-order valence-electron chi connectivity index (χ1n) is 5.96. The van der Waals surface area contributed by atoms with E-state index in [1.54, 1.807) is 16.7 Å². The van der Waals surface area contributed by atoms with Gasteiger partial charge >= 0.3 is 0 Å². The molecule has 2 aromatic rings. The largest absolute Gasteiger partial charge is 0.326 e. The van der Waals surface area contributed by atoms with Gasteiger partial charge in [0, 0.05) is 11.1 Å². The first-order chi connectivity index (χ1) is 9.58. The molecule has 1 heterocycles. The van der Waals surface area contributed by atoms with Crippen LogP contribution in [-0.4, -0.2) is 15.6 Å². The third-order valence-electron chi connectivity index (χ3n) is 3.01. The summed E-state index contributed by atoms with van der Waals surface area (Å²) < 4.78 is 1.63. The molecule has 0 spiro atoms. The van der Waals surface area contributed by atoms with E-state index in [0.29, 0.717) is 5.02 Å². The molecule has 1 aromatic carbocycles. The van der Waals surface area contributed by atoms with Crippen molar-refractivity contribution in [3.63, 3.8) is 0 Å². The zero-order chi connectivity index (χ0) is 14.7. The van der Waals surface area contributed by atoms with Crippen LogP contribution >= 0.6 is 11.6 Å². The quantitative estimate of drug-likeness (QED) is 0.936. The maximum Gasteiger partial charge on any atom is 0.176 e. The van der Waals surface area contributed by atoms with Crippen molar-refractivity contribution in [3.8, 4) is 12.1 Å². The summed E-state index contributed by atoms with van der Waals surface area (Å²) in [4.78, 5) is 3.95. The molecule has 2 rings (SSSR count). The summed E-state index contributed by atoms with van der Waals surface area (Å²) in [5, 5.41) is 18.8. The number of imidazole rings is 1. The summed E-state index contributed by atoms with van der Waals surface area (Å²) in [5.41, 5.74) is 7.26. The van der Waals surface area contributed by atoms with Gasteiger partial charge in [0.2, 0.25) is 0 Å². The van der Waals surface area contributed by atoms with Crippen LogP contribution in [0, 0.1) is 22.7 Å². The molecule has 0 aliphatic heterocycles. The molecule has 0 saturated carbocycles. The Morgan fingerprint density at radius 1 is 1.25 bits per heavy atom. The van der Waals surface area contributed by atoms with Gasteiger partial charge in [-0.1, -0.05) is 23.7 Å². The van der Waals surface area contributed by atoms with Gasteiger partial charge in [0.05, 0.1) is 12.4 Å². The van der Waals surface area contributed by atoms with Crippen molar-refractivity contribution < 1.29 is 0 Å². The second-order valence-corrected chi connectivity index (χ2v) is 4.86. The lowest BCUT2D eigenvalue weighted by Gasteiger charge is -2.23. The maximum atomic E-state index is 9.22. The lowest BCUT2D eigenvalue weighted by Crippen LogP contribution is -2.30. The molecule has 0 saturated heterocycles. The predicted molar refractivity (Wildman–Crippen MR) is 74.9 cm³/mol. The molecular weight excluding hydrogens is 274 g/mol. The van der Waals surface area contributed by atoms with Gasteiger partial charge < -0.3 is 10.3 Å². The number of hydrogen-bond acceptors (Lipinski definition) is 4. The summed E-state index contributed by atoms with van der Waals surface area (Å²) in [6, 6.07) is 10.6. The molecule has 2 unspecified atom stereocenters. The van der Waals surface area contributed by atoms with Crippen LogP contribution in [0.3, 0.4) is 0 Å². The first-order valence-corrected chi connectivity index (χ1v) is 6.34. The van der Waals surface area contributed by atoms with Gasteiger partial charge in [0.1, 0.15) is 12.1 Å². The van der Waals surface area contributed by atoms with E-state index >= 15 is 0 Å². The highest BCUT2D eigenvalue weighted by Gasteiger charge is 2.23. The van der Waals surface area contributed by atoms with Gasteiger partial charge in [-0.05, 0) is 24.6 Å². The van der Waals surface area contributed by atoms with E-state index in [0.717, 1.165) is 5.56 Å². The van der Waals surface area contributed by atoms with Crippen LogP contribution in [0.5, 0.6) is 0 Å². The fraction of sp³-hybridized carbons (Fsp3) is 0.214. The molecule has 2 atom stereocenters. The molecule has 6 heteroatoms. The maximum absolute atomic E-state index is 9.22. The fourth-order valence-electron chi connectivity index (χ4n) is 2.14. The average Bonchev–Trinajstić information content (AvgIpc) is 2.83. The third kappa shape index (κ3) is 2.50. The molecule has 5 nitrogen and oxygen atoms in total. The minimum absolute atomic E-state index is 0.104. The minimum Gasteiger partial charge on any atom is -0.326 e. The Hall–Kier alpha value is -2.34. The van der Waals surface area contributed by atoms with Gasteiger partial charge in [0.25, 0.3) is 0 Å². The van der Waals surface area contributed by atoms with Crippen LogP contribution in [0.15, 0.2) is 30.6 Å².